The van der Waals surface area contributed by atoms with Gasteiger partial charge in [0.05, 0.1) is 6.42 Å². The molecule has 0 atom stereocenters. The molecule has 0 fully saturated rings. The number of aromatic nitrogens is 2. The molecular formula is C18H16ClN3O2. The fraction of sp³-hybridized carbons (Fsp3) is 0.167. The second-order valence-corrected chi connectivity index (χ2v) is 6.01. The van der Waals surface area contributed by atoms with Crippen molar-refractivity contribution >= 4 is 23.5 Å². The molecule has 0 aliphatic carbocycles. The molecule has 1 heterocycles. The first kappa shape index (κ1) is 16.2. The summed E-state index contributed by atoms with van der Waals surface area (Å²) in [4.78, 5) is 12.2. The number of amides is 1. The Morgan fingerprint density at radius 1 is 1.12 bits per heavy atom. The number of carbonyl (C=O) groups is 1. The molecule has 0 spiro atoms. The average molecular weight is 342 g/mol. The van der Waals surface area contributed by atoms with E-state index in [9.17, 15) is 4.79 Å². The maximum Gasteiger partial charge on any atom is 0.322 e. The quantitative estimate of drug-likeness (QED) is 0.772. The van der Waals surface area contributed by atoms with E-state index in [2.05, 4.69) is 15.5 Å². The molecule has 1 amide bonds. The van der Waals surface area contributed by atoms with Crippen LogP contribution in [0, 0.1) is 13.8 Å². The van der Waals surface area contributed by atoms with Crippen LogP contribution in [0.15, 0.2) is 46.9 Å². The first-order valence-electron chi connectivity index (χ1n) is 7.47. The van der Waals surface area contributed by atoms with Gasteiger partial charge in [0.2, 0.25) is 11.8 Å². The van der Waals surface area contributed by atoms with E-state index in [1.165, 1.54) is 5.56 Å². The Kier molecular flexibility index (Phi) is 4.62. The van der Waals surface area contributed by atoms with Crippen LogP contribution in [0.5, 0.6) is 0 Å². The van der Waals surface area contributed by atoms with Crippen LogP contribution < -0.4 is 5.32 Å². The Bertz CT molecular complexity index is 872. The number of rotatable bonds is 4. The number of aryl methyl sites for hydroxylation is 2. The van der Waals surface area contributed by atoms with Gasteiger partial charge in [0.15, 0.2) is 0 Å². The van der Waals surface area contributed by atoms with E-state index in [1.54, 1.807) is 24.3 Å². The predicted octanol–water partition coefficient (Wildman–Crippen LogP) is 4.19. The maximum atomic E-state index is 12.2. The van der Waals surface area contributed by atoms with Crippen molar-refractivity contribution in [3.63, 3.8) is 0 Å². The summed E-state index contributed by atoms with van der Waals surface area (Å²) < 4.78 is 5.47. The number of nitrogens with one attached hydrogen (secondary N) is 1. The van der Waals surface area contributed by atoms with Crippen molar-refractivity contribution in [2.45, 2.75) is 20.3 Å². The summed E-state index contributed by atoms with van der Waals surface area (Å²) in [5.41, 5.74) is 3.95. The average Bonchev–Trinajstić information content (AvgIpc) is 2.99. The largest absolute Gasteiger partial charge is 0.403 e. The van der Waals surface area contributed by atoms with Gasteiger partial charge in [0.25, 0.3) is 0 Å². The van der Waals surface area contributed by atoms with Gasteiger partial charge >= 0.3 is 6.01 Å². The number of nitrogens with zero attached hydrogens (tertiary/aromatic N) is 2. The van der Waals surface area contributed by atoms with E-state index in [1.807, 2.05) is 32.0 Å². The van der Waals surface area contributed by atoms with E-state index in [4.69, 9.17) is 16.0 Å². The van der Waals surface area contributed by atoms with Gasteiger partial charge in [-0.05, 0) is 49.2 Å². The molecule has 0 saturated heterocycles. The van der Waals surface area contributed by atoms with Crippen molar-refractivity contribution in [1.82, 2.24) is 10.2 Å². The number of benzene rings is 2. The lowest BCUT2D eigenvalue weighted by molar-refractivity contribution is -0.115. The van der Waals surface area contributed by atoms with E-state index in [0.29, 0.717) is 10.9 Å². The van der Waals surface area contributed by atoms with E-state index < -0.39 is 0 Å². The zero-order valence-corrected chi connectivity index (χ0v) is 14.1. The second kappa shape index (κ2) is 6.84. The zero-order chi connectivity index (χ0) is 17.1. The lowest BCUT2D eigenvalue weighted by Crippen LogP contribution is -2.15. The number of carbonyl (C=O) groups excluding carboxylic acids is 1. The third kappa shape index (κ3) is 3.81. The SMILES string of the molecule is Cc1ccc(CC(=O)Nc2nnc(-c3ccc(Cl)cc3)o2)c(C)c1. The summed E-state index contributed by atoms with van der Waals surface area (Å²) >= 11 is 5.85. The maximum absolute atomic E-state index is 12.2. The van der Waals surface area contributed by atoms with E-state index >= 15 is 0 Å². The number of halogens is 1. The highest BCUT2D eigenvalue weighted by Crippen LogP contribution is 2.22. The molecule has 122 valence electrons. The van der Waals surface area contributed by atoms with Crippen molar-refractivity contribution in [2.24, 2.45) is 0 Å². The van der Waals surface area contributed by atoms with Crippen molar-refractivity contribution in [2.75, 3.05) is 5.32 Å². The molecule has 5 nitrogen and oxygen atoms in total. The molecule has 3 aromatic rings. The number of hydrogen-bond acceptors (Lipinski definition) is 4. The molecule has 24 heavy (non-hydrogen) atoms. The third-order valence-corrected chi connectivity index (χ3v) is 3.86. The standard InChI is InChI=1S/C18H16ClN3O2/c1-11-3-4-14(12(2)9-11)10-16(23)20-18-22-21-17(24-18)13-5-7-15(19)8-6-13/h3-9H,10H2,1-2H3,(H,20,22,23). The van der Waals surface area contributed by atoms with Crippen molar-refractivity contribution in [3.8, 4) is 11.5 Å². The van der Waals surface area contributed by atoms with Crippen LogP contribution in [0.2, 0.25) is 5.02 Å². The van der Waals surface area contributed by atoms with Gasteiger partial charge in [-0.2, -0.15) is 0 Å². The highest BCUT2D eigenvalue weighted by Gasteiger charge is 2.12. The van der Waals surface area contributed by atoms with Crippen molar-refractivity contribution in [1.29, 1.82) is 0 Å². The first-order chi connectivity index (χ1) is 11.5. The third-order valence-electron chi connectivity index (χ3n) is 3.61. The molecule has 0 aliphatic rings. The van der Waals surface area contributed by atoms with E-state index in [0.717, 1.165) is 16.7 Å². The van der Waals surface area contributed by atoms with Gasteiger partial charge in [-0.15, -0.1) is 5.10 Å². The van der Waals surface area contributed by atoms with Crippen LogP contribution in [0.1, 0.15) is 16.7 Å². The molecule has 6 heteroatoms. The molecule has 2 aromatic carbocycles. The zero-order valence-electron chi connectivity index (χ0n) is 13.3. The summed E-state index contributed by atoms with van der Waals surface area (Å²) in [6, 6.07) is 13.1. The van der Waals surface area contributed by atoms with Gasteiger partial charge in [-0.1, -0.05) is 40.5 Å². The highest BCUT2D eigenvalue weighted by molar-refractivity contribution is 6.30. The van der Waals surface area contributed by atoms with Crippen LogP contribution in [0.25, 0.3) is 11.5 Å². The molecular weight excluding hydrogens is 326 g/mol. The van der Waals surface area contributed by atoms with Crippen LogP contribution >= 0.6 is 11.6 Å². The van der Waals surface area contributed by atoms with Crippen LogP contribution in [0.4, 0.5) is 6.01 Å². The van der Waals surface area contributed by atoms with E-state index in [-0.39, 0.29) is 18.3 Å². The molecule has 0 unspecified atom stereocenters. The monoisotopic (exact) mass is 341 g/mol. The normalized spacial score (nSPS) is 10.6. The van der Waals surface area contributed by atoms with Gasteiger partial charge in [0.1, 0.15) is 0 Å². The molecule has 1 aromatic heterocycles. The summed E-state index contributed by atoms with van der Waals surface area (Å²) in [6.07, 6.45) is 0.255. The fourth-order valence-corrected chi connectivity index (χ4v) is 2.49. The smallest absolute Gasteiger partial charge is 0.322 e. The predicted molar refractivity (Wildman–Crippen MR) is 93.0 cm³/mol. The Balaban J connectivity index is 1.68. The van der Waals surface area contributed by atoms with Gasteiger partial charge in [-0.3, -0.25) is 10.1 Å². The minimum absolute atomic E-state index is 0.0784. The van der Waals surface area contributed by atoms with Gasteiger partial charge in [-0.25, -0.2) is 0 Å². The molecule has 1 N–H and O–H groups in total. The van der Waals surface area contributed by atoms with Crippen LogP contribution in [-0.2, 0) is 11.2 Å². The minimum atomic E-state index is -0.201. The summed E-state index contributed by atoms with van der Waals surface area (Å²) in [5, 5.41) is 11.0. The molecule has 0 radical (unpaired) electrons. The lowest BCUT2D eigenvalue weighted by Gasteiger charge is -2.06. The Hall–Kier alpha value is -2.66. The molecule has 3 rings (SSSR count). The molecule has 0 bridgehead atoms. The fourth-order valence-electron chi connectivity index (χ4n) is 2.36. The summed E-state index contributed by atoms with van der Waals surface area (Å²) in [5.74, 6) is 0.127. The minimum Gasteiger partial charge on any atom is -0.403 e. The number of hydrogen-bond donors (Lipinski definition) is 1. The van der Waals surface area contributed by atoms with Crippen LogP contribution in [0.3, 0.4) is 0 Å². The highest BCUT2D eigenvalue weighted by atomic mass is 35.5. The summed E-state index contributed by atoms with van der Waals surface area (Å²) in [6.45, 7) is 4.01. The molecule has 0 saturated carbocycles. The topological polar surface area (TPSA) is 68.0 Å². The van der Waals surface area contributed by atoms with Gasteiger partial charge < -0.3 is 4.42 Å². The van der Waals surface area contributed by atoms with Gasteiger partial charge in [0, 0.05) is 10.6 Å². The van der Waals surface area contributed by atoms with Crippen molar-refractivity contribution in [3.05, 3.63) is 64.2 Å². The lowest BCUT2D eigenvalue weighted by atomic mass is 10.0. The summed E-state index contributed by atoms with van der Waals surface area (Å²) in [7, 11) is 0. The Morgan fingerprint density at radius 2 is 1.88 bits per heavy atom. The second-order valence-electron chi connectivity index (χ2n) is 5.57. The first-order valence-corrected chi connectivity index (χ1v) is 7.84. The Morgan fingerprint density at radius 3 is 2.58 bits per heavy atom. The number of anilines is 1. The Labute approximate surface area is 144 Å². The van der Waals surface area contributed by atoms with Crippen LogP contribution in [-0.4, -0.2) is 16.1 Å². The van der Waals surface area contributed by atoms with Crippen molar-refractivity contribution < 1.29 is 9.21 Å². The molecule has 0 aliphatic heterocycles.